The molecule has 0 bridgehead atoms. The lowest BCUT2D eigenvalue weighted by atomic mass is 9.98. The molecule has 0 spiro atoms. The fraction of sp³-hybridized carbons (Fsp3) is 0.737. The van der Waals surface area contributed by atoms with Gasteiger partial charge in [0.2, 0.25) is 11.8 Å². The predicted octanol–water partition coefficient (Wildman–Crippen LogP) is -0.131. The summed E-state index contributed by atoms with van der Waals surface area (Å²) >= 11 is 0. The number of imide groups is 1. The second kappa shape index (κ2) is 10.9. The number of hydrogen-bond donors (Lipinski definition) is 2. The van der Waals surface area contributed by atoms with E-state index in [9.17, 15) is 24.0 Å². The van der Waals surface area contributed by atoms with Crippen LogP contribution in [0.1, 0.15) is 58.8 Å². The summed E-state index contributed by atoms with van der Waals surface area (Å²) < 4.78 is 0. The standard InChI is InChI=1S/C19H30N4O6/c1-13-4-3-5-14(2)22(13)12-16(25)21-10-8-15(24)20-11-9-19(28)29-23-17(26)6-7-18(23)27/h13-14H,3-12H2,1-2H3,(H,20,24)(H,21,25)/i15+1,16+1,20+1. The molecule has 4 amide bonds. The summed E-state index contributed by atoms with van der Waals surface area (Å²) in [5.74, 6) is -2.28. The van der Waals surface area contributed by atoms with Gasteiger partial charge >= 0.3 is 5.97 Å². The molecule has 2 aliphatic rings. The number of likely N-dealkylation sites (tertiary alicyclic amines) is 1. The van der Waals surface area contributed by atoms with Gasteiger partial charge in [-0.1, -0.05) is 6.42 Å². The van der Waals surface area contributed by atoms with E-state index in [1.54, 1.807) is 0 Å². The summed E-state index contributed by atoms with van der Waals surface area (Å²) in [6, 6.07) is 0.748. The molecule has 2 fully saturated rings. The third-order valence-corrected chi connectivity index (χ3v) is 5.23. The van der Waals surface area contributed by atoms with Gasteiger partial charge in [-0.3, -0.25) is 24.1 Å². The number of hydrogen-bond acceptors (Lipinski definition) is 7. The largest absolute Gasteiger partial charge is 0.355 e. The smallest absolute Gasteiger partial charge is 0.334 e. The molecule has 0 aromatic rings. The molecule has 2 aliphatic heterocycles. The van der Waals surface area contributed by atoms with Crippen molar-refractivity contribution in [3.8, 4) is 0 Å². The monoisotopic (exact) mass is 413 g/mol. The van der Waals surface area contributed by atoms with E-state index in [-0.39, 0.29) is 50.6 Å². The summed E-state index contributed by atoms with van der Waals surface area (Å²) in [6.45, 7) is 4.80. The Balaban J connectivity index is 1.56. The van der Waals surface area contributed by atoms with E-state index in [0.717, 1.165) is 12.8 Å². The van der Waals surface area contributed by atoms with Gasteiger partial charge in [-0.2, -0.15) is 0 Å². The molecule has 0 aromatic heterocycles. The van der Waals surface area contributed by atoms with Crippen molar-refractivity contribution in [1.29, 1.82) is 0 Å². The Morgan fingerprint density at radius 1 is 0.931 bits per heavy atom. The average Bonchev–Trinajstić information content (AvgIpc) is 2.97. The zero-order valence-corrected chi connectivity index (χ0v) is 17.1. The van der Waals surface area contributed by atoms with Crippen LogP contribution >= 0.6 is 0 Å². The van der Waals surface area contributed by atoms with E-state index in [1.807, 2.05) is 0 Å². The van der Waals surface area contributed by atoms with E-state index in [1.165, 1.54) is 6.42 Å². The van der Waals surface area contributed by atoms with Gasteiger partial charge < -0.3 is 15.5 Å². The molecule has 2 unspecified atom stereocenters. The van der Waals surface area contributed by atoms with Crippen LogP contribution in [0, 0.1) is 0 Å². The maximum absolute atomic E-state index is 12.1. The number of rotatable bonds is 9. The molecule has 0 aromatic carbocycles. The highest BCUT2D eigenvalue weighted by molar-refractivity contribution is 6.01. The molecular formula is C19H30N4O6. The minimum atomic E-state index is -0.771. The van der Waals surface area contributed by atoms with Gasteiger partial charge in [-0.15, -0.1) is 5.06 Å². The van der Waals surface area contributed by atoms with Gasteiger partial charge in [0.15, 0.2) is 0 Å². The minimum absolute atomic E-state index is 0.0185. The van der Waals surface area contributed by atoms with Crippen molar-refractivity contribution in [2.75, 3.05) is 19.6 Å². The number of carbonyl (C=O) groups is 5. The van der Waals surface area contributed by atoms with E-state index in [4.69, 9.17) is 4.84 Å². The van der Waals surface area contributed by atoms with Crippen molar-refractivity contribution in [1.82, 2.24) is 20.6 Å². The zero-order chi connectivity index (χ0) is 21.4. The van der Waals surface area contributed by atoms with Gasteiger partial charge in [-0.05, 0) is 26.7 Å². The lowest BCUT2D eigenvalue weighted by molar-refractivity contribution is -0.197. The number of nitrogens with one attached hydrogen (secondary N) is 2. The Hall–Kier alpha value is -2.49. The molecule has 2 heterocycles. The molecular weight excluding hydrogens is 383 g/mol. The summed E-state index contributed by atoms with van der Waals surface area (Å²) in [7, 11) is 0. The van der Waals surface area contributed by atoms with Crippen molar-refractivity contribution < 1.29 is 28.8 Å². The third-order valence-electron chi connectivity index (χ3n) is 5.23. The first-order chi connectivity index (χ1) is 13.8. The van der Waals surface area contributed by atoms with Crippen molar-refractivity contribution in [2.24, 2.45) is 0 Å². The molecule has 2 N–H and O–H groups in total. The second-order valence-corrected chi connectivity index (χ2v) is 7.55. The lowest BCUT2D eigenvalue weighted by Gasteiger charge is -2.38. The normalized spacial score (nSPS) is 22.5. The maximum atomic E-state index is 12.1. The van der Waals surface area contributed by atoms with Crippen LogP contribution in [0.3, 0.4) is 0 Å². The van der Waals surface area contributed by atoms with Gasteiger partial charge in [-0.25, -0.2) is 4.79 Å². The Labute approximate surface area is 170 Å². The van der Waals surface area contributed by atoms with Gasteiger partial charge in [0.25, 0.3) is 11.8 Å². The topological polar surface area (TPSA) is 125 Å². The highest BCUT2D eigenvalue weighted by Gasteiger charge is 2.32. The van der Waals surface area contributed by atoms with Crippen LogP contribution in [0.4, 0.5) is 0 Å². The first-order valence-electron chi connectivity index (χ1n) is 10.1. The Morgan fingerprint density at radius 3 is 2.10 bits per heavy atom. The van der Waals surface area contributed by atoms with Crippen LogP contribution in [-0.4, -0.2) is 71.3 Å². The maximum Gasteiger partial charge on any atom is 0.334 e. The summed E-state index contributed by atoms with van der Waals surface area (Å²) in [5.41, 5.74) is 0. The van der Waals surface area contributed by atoms with Crippen LogP contribution in [0.25, 0.3) is 0 Å². The van der Waals surface area contributed by atoms with E-state index < -0.39 is 17.8 Å². The van der Waals surface area contributed by atoms with Crippen LogP contribution in [-0.2, 0) is 28.8 Å². The fourth-order valence-electron chi connectivity index (χ4n) is 3.52. The minimum Gasteiger partial charge on any atom is -0.355 e. The number of piperidine rings is 1. The molecule has 2 rings (SSSR count). The third kappa shape index (κ3) is 7.12. The average molecular weight is 413 g/mol. The molecule has 162 valence electrons. The first kappa shape index (κ1) is 22.8. The first-order valence-corrected chi connectivity index (χ1v) is 10.1. The van der Waals surface area contributed by atoms with Crippen molar-refractivity contribution >= 4 is 29.6 Å². The molecule has 10 heteroatoms. The van der Waals surface area contributed by atoms with Crippen LogP contribution < -0.4 is 10.6 Å². The SMILES string of the molecule is CC1CCCC(C)N1C[13C](=O)NCC[13C](=O)[15NH]CCC(=O)ON1C(=O)CCC1=O. The van der Waals surface area contributed by atoms with Crippen molar-refractivity contribution in [3.63, 3.8) is 0 Å². The summed E-state index contributed by atoms with van der Waals surface area (Å²) in [6.07, 6.45) is 3.34. The van der Waals surface area contributed by atoms with Gasteiger partial charge in [0.1, 0.15) is 0 Å². The molecule has 29 heavy (non-hydrogen) atoms. The van der Waals surface area contributed by atoms with E-state index in [2.05, 4.69) is 29.4 Å². The molecule has 10 nitrogen and oxygen atoms in total. The Morgan fingerprint density at radius 2 is 1.48 bits per heavy atom. The highest BCUT2D eigenvalue weighted by Crippen LogP contribution is 2.21. The van der Waals surface area contributed by atoms with Crippen LogP contribution in [0.2, 0.25) is 0 Å². The number of nitrogens with zero attached hydrogens (tertiary/aromatic N) is 2. The molecule has 0 radical (unpaired) electrons. The Bertz CT molecular complexity index is 627. The second-order valence-electron chi connectivity index (χ2n) is 7.55. The highest BCUT2D eigenvalue weighted by atomic mass is 16.7. The molecule has 0 saturated carbocycles. The quantitative estimate of drug-likeness (QED) is 0.306. The Kier molecular flexibility index (Phi) is 8.56. The van der Waals surface area contributed by atoms with Crippen LogP contribution in [0.5, 0.6) is 0 Å². The van der Waals surface area contributed by atoms with Crippen molar-refractivity contribution in [3.05, 3.63) is 0 Å². The number of carbonyl (C=O) groups excluding carboxylic acids is 5. The number of amides is 4. The predicted molar refractivity (Wildman–Crippen MR) is 102 cm³/mol. The fourth-order valence-corrected chi connectivity index (χ4v) is 3.52. The number of hydroxylamine groups is 2. The van der Waals surface area contributed by atoms with E-state index in [0.29, 0.717) is 23.7 Å². The molecule has 2 atom stereocenters. The van der Waals surface area contributed by atoms with Gasteiger partial charge in [0.05, 0.1) is 13.0 Å². The van der Waals surface area contributed by atoms with E-state index >= 15 is 0 Å². The van der Waals surface area contributed by atoms with Gasteiger partial charge in [0, 0.05) is 44.4 Å². The molecule has 2 saturated heterocycles. The zero-order valence-electron chi connectivity index (χ0n) is 17.1. The van der Waals surface area contributed by atoms with Crippen molar-refractivity contribution in [2.45, 2.75) is 70.9 Å². The lowest BCUT2D eigenvalue weighted by Crippen LogP contribution is -2.49. The summed E-state index contributed by atoms with van der Waals surface area (Å²) in [5, 5.41) is 5.76. The molecule has 0 aliphatic carbocycles. The summed E-state index contributed by atoms with van der Waals surface area (Å²) in [4.78, 5) is 65.1. The van der Waals surface area contributed by atoms with Crippen LogP contribution in [0.15, 0.2) is 0 Å².